The molecule has 0 aromatic rings. The van der Waals surface area contributed by atoms with Crippen LogP contribution in [-0.2, 0) is 4.79 Å². The fourth-order valence-electron chi connectivity index (χ4n) is 0.838. The zero-order valence-corrected chi connectivity index (χ0v) is 5.13. The largest absolute Gasteiger partial charge is 0.380 e. The third-order valence-corrected chi connectivity index (χ3v) is 1.38. The van der Waals surface area contributed by atoms with Gasteiger partial charge in [-0.15, -0.1) is 0 Å². The van der Waals surface area contributed by atoms with Crippen molar-refractivity contribution in [2.75, 3.05) is 0 Å². The topological polar surface area (TPSA) is 55.1 Å². The molecule has 1 aliphatic rings. The van der Waals surface area contributed by atoms with Crippen molar-refractivity contribution in [1.29, 1.82) is 0 Å². The van der Waals surface area contributed by atoms with E-state index in [0.717, 1.165) is 12.8 Å². The minimum absolute atomic E-state index is 0.144. The van der Waals surface area contributed by atoms with Gasteiger partial charge in [0.05, 0.1) is 0 Å². The summed E-state index contributed by atoms with van der Waals surface area (Å²) in [6, 6.07) is -0.144. The molecule has 0 saturated carbocycles. The quantitative estimate of drug-likeness (QED) is 0.508. The summed E-state index contributed by atoms with van der Waals surface area (Å²) in [5.74, 6) is -0.264. The molecule has 1 amide bonds. The molecule has 1 aliphatic heterocycles. The van der Waals surface area contributed by atoms with Gasteiger partial charge in [-0.3, -0.25) is 4.79 Å². The Morgan fingerprint density at radius 3 is 2.89 bits per heavy atom. The van der Waals surface area contributed by atoms with Crippen molar-refractivity contribution in [3.63, 3.8) is 0 Å². The smallest absolute Gasteiger partial charge is 0.239 e. The molecule has 1 rings (SSSR count). The van der Waals surface area contributed by atoms with Crippen molar-refractivity contribution >= 4 is 5.91 Å². The Morgan fingerprint density at radius 2 is 2.56 bits per heavy atom. The van der Waals surface area contributed by atoms with Gasteiger partial charge in [0.1, 0.15) is 6.04 Å². The second-order valence-corrected chi connectivity index (χ2v) is 2.10. The van der Waals surface area contributed by atoms with E-state index in [-0.39, 0.29) is 11.9 Å². The molecular formula is C6H10N2O. The maximum absolute atomic E-state index is 10.5. The molecule has 0 aliphatic carbocycles. The Morgan fingerprint density at radius 1 is 1.78 bits per heavy atom. The minimum Gasteiger partial charge on any atom is -0.380 e. The first-order valence-electron chi connectivity index (χ1n) is 3.01. The van der Waals surface area contributed by atoms with E-state index in [1.807, 2.05) is 6.08 Å². The number of amides is 1. The Kier molecular flexibility index (Phi) is 1.72. The van der Waals surface area contributed by atoms with Gasteiger partial charge in [-0.05, 0) is 19.0 Å². The van der Waals surface area contributed by atoms with Gasteiger partial charge >= 0.3 is 0 Å². The fraction of sp³-hybridized carbons (Fsp3) is 0.500. The molecular weight excluding hydrogens is 116 g/mol. The maximum atomic E-state index is 10.5. The molecule has 0 spiro atoms. The number of carbonyl (C=O) groups excluding carboxylic acids is 1. The summed E-state index contributed by atoms with van der Waals surface area (Å²) in [5.41, 5.74) is 5.03. The van der Waals surface area contributed by atoms with Gasteiger partial charge in [-0.2, -0.15) is 0 Å². The summed E-state index contributed by atoms with van der Waals surface area (Å²) in [6.45, 7) is 0. The molecule has 0 aromatic carbocycles. The van der Waals surface area contributed by atoms with E-state index in [2.05, 4.69) is 5.32 Å². The van der Waals surface area contributed by atoms with Gasteiger partial charge in [0, 0.05) is 0 Å². The molecule has 1 atom stereocenters. The molecule has 1 heterocycles. The van der Waals surface area contributed by atoms with E-state index in [1.54, 1.807) is 6.20 Å². The summed E-state index contributed by atoms with van der Waals surface area (Å²) >= 11 is 0. The van der Waals surface area contributed by atoms with Crippen LogP contribution in [0.4, 0.5) is 0 Å². The molecule has 0 radical (unpaired) electrons. The molecule has 9 heavy (non-hydrogen) atoms. The van der Waals surface area contributed by atoms with Gasteiger partial charge in [0.15, 0.2) is 0 Å². The normalized spacial score (nSPS) is 25.1. The highest BCUT2D eigenvalue weighted by atomic mass is 16.1. The van der Waals surface area contributed by atoms with E-state index in [4.69, 9.17) is 5.73 Å². The lowest BCUT2D eigenvalue weighted by Gasteiger charge is -2.15. The first-order chi connectivity index (χ1) is 4.30. The van der Waals surface area contributed by atoms with Crippen LogP contribution in [0.1, 0.15) is 12.8 Å². The van der Waals surface area contributed by atoms with Crippen LogP contribution in [0.15, 0.2) is 12.3 Å². The third kappa shape index (κ3) is 1.45. The first-order valence-corrected chi connectivity index (χ1v) is 3.01. The average Bonchev–Trinajstić information content (AvgIpc) is 1.90. The lowest BCUT2D eigenvalue weighted by Crippen LogP contribution is -2.39. The van der Waals surface area contributed by atoms with Crippen molar-refractivity contribution in [2.45, 2.75) is 18.9 Å². The summed E-state index contributed by atoms with van der Waals surface area (Å²) < 4.78 is 0. The highest BCUT2D eigenvalue weighted by Gasteiger charge is 2.13. The first kappa shape index (κ1) is 6.13. The number of hydrogen-bond acceptors (Lipinski definition) is 2. The molecule has 3 N–H and O–H groups in total. The summed E-state index contributed by atoms with van der Waals surface area (Å²) in [5, 5.41) is 2.86. The van der Waals surface area contributed by atoms with Gasteiger partial charge in [-0.1, -0.05) is 6.08 Å². The molecule has 3 nitrogen and oxygen atoms in total. The van der Waals surface area contributed by atoms with E-state index < -0.39 is 0 Å². The van der Waals surface area contributed by atoms with Crippen LogP contribution in [-0.4, -0.2) is 11.9 Å². The predicted molar refractivity (Wildman–Crippen MR) is 34.5 cm³/mol. The Balaban J connectivity index is 2.44. The zero-order valence-electron chi connectivity index (χ0n) is 5.13. The number of allylic oxidation sites excluding steroid dienone is 1. The number of carbonyl (C=O) groups is 1. The van der Waals surface area contributed by atoms with E-state index in [0.29, 0.717) is 0 Å². The number of primary amides is 1. The van der Waals surface area contributed by atoms with Crippen molar-refractivity contribution in [3.8, 4) is 0 Å². The second kappa shape index (κ2) is 2.53. The second-order valence-electron chi connectivity index (χ2n) is 2.10. The minimum atomic E-state index is -0.264. The van der Waals surface area contributed by atoms with Crippen LogP contribution < -0.4 is 11.1 Å². The number of nitrogens with two attached hydrogens (primary N) is 1. The van der Waals surface area contributed by atoms with Crippen LogP contribution in [0, 0.1) is 0 Å². The van der Waals surface area contributed by atoms with Gasteiger partial charge in [-0.25, -0.2) is 0 Å². The van der Waals surface area contributed by atoms with Crippen LogP contribution >= 0.6 is 0 Å². The molecule has 1 unspecified atom stereocenters. The van der Waals surface area contributed by atoms with Gasteiger partial charge < -0.3 is 11.1 Å². The standard InChI is InChI=1S/C6H10N2O/c7-6(9)5-3-1-2-4-8-5/h2,4-5,8H,1,3H2,(H2,7,9). The van der Waals surface area contributed by atoms with Crippen LogP contribution in [0.25, 0.3) is 0 Å². The Bertz CT molecular complexity index is 142. The maximum Gasteiger partial charge on any atom is 0.239 e. The monoisotopic (exact) mass is 126 g/mol. The number of hydrogen-bond donors (Lipinski definition) is 2. The lowest BCUT2D eigenvalue weighted by molar-refractivity contribution is -0.119. The molecule has 50 valence electrons. The SMILES string of the molecule is NC(=O)C1CCC=CN1. The molecule has 3 heteroatoms. The van der Waals surface area contributed by atoms with E-state index in [9.17, 15) is 4.79 Å². The molecule has 0 bridgehead atoms. The molecule has 0 fully saturated rings. The van der Waals surface area contributed by atoms with Crippen molar-refractivity contribution < 1.29 is 4.79 Å². The summed E-state index contributed by atoms with van der Waals surface area (Å²) in [6.07, 6.45) is 5.53. The van der Waals surface area contributed by atoms with Crippen molar-refractivity contribution in [2.24, 2.45) is 5.73 Å². The van der Waals surface area contributed by atoms with Crippen LogP contribution in [0.5, 0.6) is 0 Å². The highest BCUT2D eigenvalue weighted by molar-refractivity contribution is 5.80. The predicted octanol–water partition coefficient (Wildman–Crippen LogP) is -0.263. The highest BCUT2D eigenvalue weighted by Crippen LogP contribution is 2.02. The Labute approximate surface area is 53.9 Å². The number of nitrogens with one attached hydrogen (secondary N) is 1. The van der Waals surface area contributed by atoms with E-state index in [1.165, 1.54) is 0 Å². The lowest BCUT2D eigenvalue weighted by atomic mass is 10.1. The molecule has 0 saturated heterocycles. The number of rotatable bonds is 1. The van der Waals surface area contributed by atoms with Crippen LogP contribution in [0.2, 0.25) is 0 Å². The average molecular weight is 126 g/mol. The van der Waals surface area contributed by atoms with Gasteiger partial charge in [0.2, 0.25) is 5.91 Å². The van der Waals surface area contributed by atoms with E-state index >= 15 is 0 Å². The fourth-order valence-corrected chi connectivity index (χ4v) is 0.838. The van der Waals surface area contributed by atoms with Crippen molar-refractivity contribution in [1.82, 2.24) is 5.32 Å². The van der Waals surface area contributed by atoms with Gasteiger partial charge in [0.25, 0.3) is 0 Å². The molecule has 0 aromatic heterocycles. The summed E-state index contributed by atoms with van der Waals surface area (Å²) in [4.78, 5) is 10.5. The van der Waals surface area contributed by atoms with Crippen molar-refractivity contribution in [3.05, 3.63) is 12.3 Å². The van der Waals surface area contributed by atoms with Crippen LogP contribution in [0.3, 0.4) is 0 Å². The Hall–Kier alpha value is -0.990. The zero-order chi connectivity index (χ0) is 6.69. The third-order valence-electron chi connectivity index (χ3n) is 1.38. The summed E-state index contributed by atoms with van der Waals surface area (Å²) in [7, 11) is 0.